The largest absolute Gasteiger partial charge is 0.339 e. The number of amides is 3. The number of rotatable bonds is 3. The molecule has 1 aliphatic heterocycles. The van der Waals surface area contributed by atoms with E-state index in [9.17, 15) is 27.6 Å². The maximum atomic E-state index is 12.8. The Morgan fingerprint density at radius 1 is 0.615 bits per heavy atom. The van der Waals surface area contributed by atoms with E-state index in [0.717, 1.165) is 0 Å². The molecule has 7 nitrogen and oxygen atoms in total. The van der Waals surface area contributed by atoms with Gasteiger partial charge >= 0.3 is 0 Å². The van der Waals surface area contributed by atoms with Crippen LogP contribution in [0.5, 0.6) is 0 Å². The van der Waals surface area contributed by atoms with E-state index >= 15 is 0 Å². The van der Waals surface area contributed by atoms with Crippen molar-refractivity contribution in [1.82, 2.24) is 20.0 Å². The molecule has 0 aliphatic carbocycles. The number of nitrogens with zero attached hydrogens (tertiary/aromatic N) is 3. The number of hydrogen-bond donors (Lipinski definition) is 1. The van der Waals surface area contributed by atoms with Crippen molar-refractivity contribution in [2.24, 2.45) is 0 Å². The highest BCUT2D eigenvalue weighted by atomic mass is 19.1. The van der Waals surface area contributed by atoms with Gasteiger partial charge in [-0.1, -0.05) is 0 Å². The maximum absolute atomic E-state index is 12.8. The topological polar surface area (TPSA) is 73.0 Å². The maximum Gasteiger partial charge on any atom is 0.254 e. The minimum Gasteiger partial charge on any atom is -0.339 e. The molecule has 0 unspecified atom stereocenters. The van der Waals surface area contributed by atoms with Gasteiger partial charge in [0, 0.05) is 45.8 Å². The number of alkyl halides is 3. The van der Waals surface area contributed by atoms with Gasteiger partial charge in [-0.25, -0.2) is 13.2 Å². The normalized spacial score (nSPS) is 18.3. The molecule has 0 aromatic heterocycles. The number of halogens is 3. The molecule has 0 aromatic carbocycles. The van der Waals surface area contributed by atoms with Gasteiger partial charge in [0.2, 0.25) is 0 Å². The Bertz CT molecular complexity index is 468. The molecule has 0 radical (unpaired) electrons. The second-order valence-corrected chi connectivity index (χ2v) is 6.00. The van der Waals surface area contributed by atoms with E-state index in [0.29, 0.717) is 39.0 Å². The molecule has 0 saturated carbocycles. The summed E-state index contributed by atoms with van der Waals surface area (Å²) in [4.78, 5) is 39.0. The first kappa shape index (κ1) is 22.2. The SMILES string of the molecule is O=C(CF)N1CCCN(C(=O)CF)CCN(C(=O)CF)CCCNCC1. The fraction of sp³-hybridized carbons (Fsp3) is 0.812. The van der Waals surface area contributed by atoms with Gasteiger partial charge in [-0.2, -0.15) is 0 Å². The lowest BCUT2D eigenvalue weighted by Gasteiger charge is -2.29. The molecule has 1 N–H and O–H groups in total. The van der Waals surface area contributed by atoms with Crippen molar-refractivity contribution in [3.05, 3.63) is 0 Å². The van der Waals surface area contributed by atoms with Crippen molar-refractivity contribution >= 4 is 17.7 Å². The zero-order chi connectivity index (χ0) is 19.4. The van der Waals surface area contributed by atoms with Crippen LogP contribution in [0.3, 0.4) is 0 Å². The second-order valence-electron chi connectivity index (χ2n) is 6.00. The van der Waals surface area contributed by atoms with Crippen LogP contribution in [0.15, 0.2) is 0 Å². The molecule has 10 heteroatoms. The second kappa shape index (κ2) is 12.5. The van der Waals surface area contributed by atoms with Crippen molar-refractivity contribution in [3.63, 3.8) is 0 Å². The van der Waals surface area contributed by atoms with Crippen molar-refractivity contribution < 1.29 is 27.6 Å². The van der Waals surface area contributed by atoms with E-state index in [1.54, 1.807) is 0 Å². The van der Waals surface area contributed by atoms with E-state index in [2.05, 4.69) is 5.32 Å². The van der Waals surface area contributed by atoms with Crippen LogP contribution in [-0.2, 0) is 14.4 Å². The first-order valence-corrected chi connectivity index (χ1v) is 8.75. The summed E-state index contributed by atoms with van der Waals surface area (Å²) >= 11 is 0. The number of carbonyl (C=O) groups is 3. The standard InChI is InChI=1S/C16H27F3N4O3/c17-11-14(24)21-6-2-7-23(16(26)13-19)10-9-22(15(25)12-18)5-1-3-20-4-8-21/h20H,1-13H2. The van der Waals surface area contributed by atoms with Crippen LogP contribution in [0.4, 0.5) is 13.2 Å². The van der Waals surface area contributed by atoms with Gasteiger partial charge in [-0.05, 0) is 19.4 Å². The Morgan fingerprint density at radius 3 is 1.50 bits per heavy atom. The van der Waals surface area contributed by atoms with E-state index in [1.807, 2.05) is 0 Å². The van der Waals surface area contributed by atoms with Gasteiger partial charge in [0.1, 0.15) is 0 Å². The van der Waals surface area contributed by atoms with Crippen molar-refractivity contribution in [2.45, 2.75) is 12.8 Å². The third-order valence-electron chi connectivity index (χ3n) is 4.24. The predicted octanol–water partition coefficient (Wildman–Crippen LogP) is -0.236. The lowest BCUT2D eigenvalue weighted by atomic mass is 10.3. The molecule has 26 heavy (non-hydrogen) atoms. The highest BCUT2D eigenvalue weighted by Gasteiger charge is 2.19. The Balaban J connectivity index is 2.77. The van der Waals surface area contributed by atoms with Crippen LogP contribution in [0.1, 0.15) is 12.8 Å². The van der Waals surface area contributed by atoms with E-state index < -0.39 is 37.7 Å². The third kappa shape index (κ3) is 7.59. The Hall–Kier alpha value is -1.84. The summed E-state index contributed by atoms with van der Waals surface area (Å²) in [6.45, 7) is -1.16. The van der Waals surface area contributed by atoms with Crippen LogP contribution in [0, 0.1) is 0 Å². The smallest absolute Gasteiger partial charge is 0.254 e. The summed E-state index contributed by atoms with van der Waals surface area (Å²) in [7, 11) is 0. The molecule has 1 aliphatic rings. The van der Waals surface area contributed by atoms with Crippen LogP contribution in [0.25, 0.3) is 0 Å². The molecule has 150 valence electrons. The molecule has 1 rings (SSSR count). The van der Waals surface area contributed by atoms with E-state index in [4.69, 9.17) is 0 Å². The van der Waals surface area contributed by atoms with Crippen LogP contribution >= 0.6 is 0 Å². The quantitative estimate of drug-likeness (QED) is 0.734. The fourth-order valence-corrected chi connectivity index (χ4v) is 2.76. The van der Waals surface area contributed by atoms with Gasteiger partial charge in [0.15, 0.2) is 20.0 Å². The van der Waals surface area contributed by atoms with Crippen molar-refractivity contribution in [1.29, 1.82) is 0 Å². The first-order chi connectivity index (χ1) is 12.5. The molecule has 1 fully saturated rings. The molecule has 1 saturated heterocycles. The average molecular weight is 380 g/mol. The molecule has 0 spiro atoms. The monoisotopic (exact) mass is 380 g/mol. The average Bonchev–Trinajstić information content (AvgIpc) is 2.67. The third-order valence-corrected chi connectivity index (χ3v) is 4.24. The Morgan fingerprint density at radius 2 is 1.04 bits per heavy atom. The summed E-state index contributed by atoms with van der Waals surface area (Å²) in [6.07, 6.45) is 0.911. The lowest BCUT2D eigenvalue weighted by molar-refractivity contribution is -0.136. The summed E-state index contributed by atoms with van der Waals surface area (Å²) in [5.41, 5.74) is 0. The minimum absolute atomic E-state index is 0.0823. The van der Waals surface area contributed by atoms with Gasteiger partial charge in [0.05, 0.1) is 0 Å². The number of nitrogens with one attached hydrogen (secondary N) is 1. The van der Waals surface area contributed by atoms with E-state index in [-0.39, 0.29) is 26.2 Å². The van der Waals surface area contributed by atoms with E-state index in [1.165, 1.54) is 14.7 Å². The number of carbonyl (C=O) groups excluding carboxylic acids is 3. The van der Waals surface area contributed by atoms with Gasteiger partial charge in [-0.3, -0.25) is 14.4 Å². The first-order valence-electron chi connectivity index (χ1n) is 8.75. The van der Waals surface area contributed by atoms with Gasteiger partial charge in [-0.15, -0.1) is 0 Å². The minimum atomic E-state index is -1.17. The molecular formula is C16H27F3N4O3. The summed E-state index contributed by atoms with van der Waals surface area (Å²) < 4.78 is 38.2. The lowest BCUT2D eigenvalue weighted by Crippen LogP contribution is -2.45. The molecule has 1 heterocycles. The van der Waals surface area contributed by atoms with Crippen molar-refractivity contribution in [2.75, 3.05) is 72.4 Å². The Kier molecular flexibility index (Phi) is 10.7. The molecule has 0 aromatic rings. The fourth-order valence-electron chi connectivity index (χ4n) is 2.76. The summed E-state index contributed by atoms with van der Waals surface area (Å²) in [6, 6.07) is 0. The van der Waals surface area contributed by atoms with Crippen LogP contribution < -0.4 is 5.32 Å². The predicted molar refractivity (Wildman–Crippen MR) is 89.8 cm³/mol. The molecule has 0 bridgehead atoms. The molecule has 0 atom stereocenters. The Labute approximate surface area is 151 Å². The number of hydrogen-bond acceptors (Lipinski definition) is 4. The highest BCUT2D eigenvalue weighted by molar-refractivity contribution is 5.78. The summed E-state index contributed by atoms with van der Waals surface area (Å²) in [5, 5.41) is 3.10. The molecular weight excluding hydrogens is 353 g/mol. The van der Waals surface area contributed by atoms with Crippen molar-refractivity contribution in [3.8, 4) is 0 Å². The summed E-state index contributed by atoms with van der Waals surface area (Å²) in [5.74, 6) is -2.01. The zero-order valence-corrected chi connectivity index (χ0v) is 14.9. The molecule has 3 amide bonds. The zero-order valence-electron chi connectivity index (χ0n) is 14.9. The van der Waals surface area contributed by atoms with Gasteiger partial charge < -0.3 is 20.0 Å². The van der Waals surface area contributed by atoms with Crippen LogP contribution in [-0.4, -0.2) is 105 Å². The highest BCUT2D eigenvalue weighted by Crippen LogP contribution is 2.02. The van der Waals surface area contributed by atoms with Crippen LogP contribution in [0.2, 0.25) is 0 Å². The van der Waals surface area contributed by atoms with Gasteiger partial charge in [0.25, 0.3) is 17.7 Å².